The van der Waals surface area contributed by atoms with E-state index in [4.69, 9.17) is 19.8 Å². The van der Waals surface area contributed by atoms with E-state index < -0.39 is 36.0 Å². The third-order valence-electron chi connectivity index (χ3n) is 5.83. The largest absolute Gasteiger partial charge is 0.481 e. The molecule has 0 heterocycles. The van der Waals surface area contributed by atoms with Gasteiger partial charge in [-0.1, -0.05) is 0 Å². The molecule has 29 heavy (non-hydrogen) atoms. The van der Waals surface area contributed by atoms with Crippen LogP contribution in [0.15, 0.2) is 0 Å². The van der Waals surface area contributed by atoms with Gasteiger partial charge in [0.1, 0.15) is 0 Å². The lowest BCUT2D eigenvalue weighted by molar-refractivity contribution is -0.310. The Morgan fingerprint density at radius 2 is 1.55 bits per heavy atom. The molecule has 2 aliphatic rings. The molecule has 0 saturated heterocycles. The van der Waals surface area contributed by atoms with Crippen LogP contribution >= 0.6 is 0 Å². The van der Waals surface area contributed by atoms with Crippen LogP contribution in [0, 0.1) is 23.7 Å². The number of hydrogen-bond donors (Lipinski definition) is 4. The Balaban J connectivity index is 1.58. The summed E-state index contributed by atoms with van der Waals surface area (Å²) in [5.41, 5.74) is 0. The Morgan fingerprint density at radius 3 is 2.28 bits per heavy atom. The van der Waals surface area contributed by atoms with Gasteiger partial charge in [0.2, 0.25) is 0 Å². The Bertz CT molecular complexity index is 513. The zero-order chi connectivity index (χ0) is 21.2. The van der Waals surface area contributed by atoms with Crippen molar-refractivity contribution in [3.05, 3.63) is 0 Å². The van der Waals surface area contributed by atoms with Crippen LogP contribution in [-0.2, 0) is 29.0 Å². The molecule has 10 nitrogen and oxygen atoms in total. The Morgan fingerprint density at radius 1 is 0.828 bits per heavy atom. The second kappa shape index (κ2) is 12.4. The van der Waals surface area contributed by atoms with Crippen molar-refractivity contribution in [2.45, 2.75) is 57.2 Å². The zero-order valence-corrected chi connectivity index (χ0v) is 16.5. The van der Waals surface area contributed by atoms with Crippen LogP contribution in [0.25, 0.3) is 0 Å². The van der Waals surface area contributed by atoms with E-state index in [-0.39, 0.29) is 38.1 Å². The molecule has 0 aromatic rings. The molecule has 0 spiro atoms. The van der Waals surface area contributed by atoms with Crippen molar-refractivity contribution in [1.82, 2.24) is 0 Å². The molecular weight excluding hydrogens is 388 g/mol. The van der Waals surface area contributed by atoms with Crippen molar-refractivity contribution in [3.8, 4) is 0 Å². The number of carbonyl (C=O) groups is 2. The normalized spacial score (nSPS) is 32.7. The van der Waals surface area contributed by atoms with Gasteiger partial charge < -0.3 is 20.1 Å². The molecule has 0 aromatic heterocycles. The van der Waals surface area contributed by atoms with Crippen LogP contribution in [0.5, 0.6) is 0 Å². The van der Waals surface area contributed by atoms with Gasteiger partial charge in [-0.05, 0) is 50.4 Å². The fourth-order valence-corrected chi connectivity index (χ4v) is 4.12. The first-order valence-corrected chi connectivity index (χ1v) is 10.2. The van der Waals surface area contributed by atoms with Crippen LogP contribution in [0.3, 0.4) is 0 Å². The van der Waals surface area contributed by atoms with Gasteiger partial charge in [0.25, 0.3) is 0 Å². The molecule has 2 saturated carbocycles. The molecule has 2 fully saturated rings. The average Bonchev–Trinajstić information content (AvgIpc) is 2.68. The van der Waals surface area contributed by atoms with E-state index in [0.29, 0.717) is 38.7 Å². The predicted molar refractivity (Wildman–Crippen MR) is 97.4 cm³/mol. The number of aliphatic carboxylic acids is 1. The highest BCUT2D eigenvalue weighted by Crippen LogP contribution is 2.32. The molecule has 0 bridgehead atoms. The summed E-state index contributed by atoms with van der Waals surface area (Å²) in [6.45, 7) is 0.738. The van der Waals surface area contributed by atoms with Crippen LogP contribution in [0.1, 0.15) is 44.9 Å². The van der Waals surface area contributed by atoms with Crippen molar-refractivity contribution in [3.63, 3.8) is 0 Å². The molecule has 6 unspecified atom stereocenters. The number of rotatable bonds is 11. The molecule has 6 atom stereocenters. The van der Waals surface area contributed by atoms with E-state index in [0.717, 1.165) is 6.42 Å². The number of aliphatic hydroxyl groups is 2. The first kappa shape index (κ1) is 24.0. The molecule has 0 amide bonds. The number of carboxylic acids is 1. The highest BCUT2D eigenvalue weighted by molar-refractivity contribution is 5.81. The maximum absolute atomic E-state index is 12.1. The maximum atomic E-state index is 12.1. The number of esters is 1. The summed E-state index contributed by atoms with van der Waals surface area (Å²) in [6.07, 6.45) is 2.01. The second-order valence-corrected chi connectivity index (χ2v) is 7.93. The lowest BCUT2D eigenvalue weighted by Gasteiger charge is -2.32. The van der Waals surface area contributed by atoms with E-state index >= 15 is 0 Å². The number of carbonyl (C=O) groups excluding carboxylic acids is 1. The molecule has 2 aliphatic carbocycles. The van der Waals surface area contributed by atoms with Crippen LogP contribution < -0.4 is 0 Å². The van der Waals surface area contributed by atoms with Crippen LogP contribution in [-0.4, -0.2) is 71.2 Å². The third-order valence-corrected chi connectivity index (χ3v) is 5.83. The number of aliphatic hydroxyl groups excluding tert-OH is 2. The molecule has 4 N–H and O–H groups in total. The standard InChI is InChI=1S/C19H32O10/c20-14-3-2-12(13(8-14)10-27-25)11-29-28-7-1-6-26-19(24)16-5-4-15(21)9-17(16)18(22)23/h12-17,20-21,25H,1-11H2,(H,22,23). The summed E-state index contributed by atoms with van der Waals surface area (Å²) in [6, 6.07) is 0. The Labute approximate surface area is 169 Å². The van der Waals surface area contributed by atoms with E-state index in [1.807, 2.05) is 0 Å². The fraction of sp³-hybridized carbons (Fsp3) is 0.895. The average molecular weight is 420 g/mol. The van der Waals surface area contributed by atoms with Crippen molar-refractivity contribution in [1.29, 1.82) is 0 Å². The van der Waals surface area contributed by atoms with Crippen LogP contribution in [0.4, 0.5) is 0 Å². The smallest absolute Gasteiger partial charge is 0.309 e. The minimum absolute atomic E-state index is 0.00972. The van der Waals surface area contributed by atoms with Gasteiger partial charge in [0, 0.05) is 6.42 Å². The minimum atomic E-state index is -1.09. The number of carboxylic acid groups (broad SMARTS) is 1. The highest BCUT2D eigenvalue weighted by Gasteiger charge is 2.39. The summed E-state index contributed by atoms with van der Waals surface area (Å²) < 4.78 is 5.16. The maximum Gasteiger partial charge on any atom is 0.309 e. The lowest BCUT2D eigenvalue weighted by atomic mass is 9.78. The molecule has 0 aromatic carbocycles. The summed E-state index contributed by atoms with van der Waals surface area (Å²) in [5.74, 6) is -3.21. The summed E-state index contributed by atoms with van der Waals surface area (Å²) in [7, 11) is 0. The van der Waals surface area contributed by atoms with Crippen molar-refractivity contribution < 1.29 is 49.6 Å². The molecule has 0 aliphatic heterocycles. The molecular formula is C19H32O10. The van der Waals surface area contributed by atoms with Gasteiger partial charge in [-0.2, -0.15) is 0 Å². The number of ether oxygens (including phenoxy) is 1. The predicted octanol–water partition coefficient (Wildman–Crippen LogP) is 0.996. The highest BCUT2D eigenvalue weighted by atomic mass is 17.2. The van der Waals surface area contributed by atoms with E-state index in [1.165, 1.54) is 0 Å². The van der Waals surface area contributed by atoms with Gasteiger partial charge in [0.15, 0.2) is 0 Å². The molecule has 0 radical (unpaired) electrons. The van der Waals surface area contributed by atoms with Crippen molar-refractivity contribution >= 4 is 11.9 Å². The third kappa shape index (κ3) is 7.80. The summed E-state index contributed by atoms with van der Waals surface area (Å²) in [4.78, 5) is 38.0. The van der Waals surface area contributed by atoms with E-state index in [9.17, 15) is 24.9 Å². The fourth-order valence-electron chi connectivity index (χ4n) is 4.12. The first-order chi connectivity index (χ1) is 13.9. The van der Waals surface area contributed by atoms with Gasteiger partial charge >= 0.3 is 11.9 Å². The Kier molecular flexibility index (Phi) is 10.3. The van der Waals surface area contributed by atoms with Gasteiger partial charge in [-0.15, -0.1) is 0 Å². The summed E-state index contributed by atoms with van der Waals surface area (Å²) in [5, 5.41) is 37.2. The zero-order valence-electron chi connectivity index (χ0n) is 16.5. The van der Waals surface area contributed by atoms with E-state index in [2.05, 4.69) is 4.89 Å². The summed E-state index contributed by atoms with van der Waals surface area (Å²) >= 11 is 0. The number of hydrogen-bond acceptors (Lipinski definition) is 9. The second-order valence-electron chi connectivity index (χ2n) is 7.93. The minimum Gasteiger partial charge on any atom is -0.481 e. The van der Waals surface area contributed by atoms with Crippen molar-refractivity contribution in [2.75, 3.05) is 26.4 Å². The molecule has 168 valence electrons. The van der Waals surface area contributed by atoms with Crippen molar-refractivity contribution in [2.24, 2.45) is 23.7 Å². The van der Waals surface area contributed by atoms with Gasteiger partial charge in [-0.25, -0.2) is 14.7 Å². The monoisotopic (exact) mass is 420 g/mol. The first-order valence-electron chi connectivity index (χ1n) is 10.2. The Hall–Kier alpha value is -1.30. The SMILES string of the molecule is O=C(O)C1CC(O)CCC1C(=O)OCCCOOCC1CCC(O)CC1COO. The topological polar surface area (TPSA) is 152 Å². The lowest BCUT2D eigenvalue weighted by Crippen LogP contribution is -2.38. The van der Waals surface area contributed by atoms with E-state index in [1.54, 1.807) is 0 Å². The van der Waals surface area contributed by atoms with Crippen LogP contribution in [0.2, 0.25) is 0 Å². The molecule has 10 heteroatoms. The quantitative estimate of drug-likeness (QED) is 0.165. The van der Waals surface area contributed by atoms with Gasteiger partial charge in [0.05, 0.1) is 50.5 Å². The molecule has 2 rings (SSSR count). The van der Waals surface area contributed by atoms with Gasteiger partial charge in [-0.3, -0.25) is 14.8 Å².